The van der Waals surface area contributed by atoms with Crippen LogP contribution in [0.5, 0.6) is 0 Å². The average Bonchev–Trinajstić information content (AvgIpc) is 2.34. The highest BCUT2D eigenvalue weighted by molar-refractivity contribution is 5.52. The maximum atomic E-state index is 9.79. The van der Waals surface area contributed by atoms with Crippen LogP contribution in [0.3, 0.4) is 0 Å². The zero-order valence-corrected chi connectivity index (χ0v) is 11.7. The monoisotopic (exact) mass is 247 g/mol. The van der Waals surface area contributed by atoms with E-state index in [0.29, 0.717) is 6.04 Å². The molecule has 0 saturated heterocycles. The quantitative estimate of drug-likeness (QED) is 0.847. The predicted octanol–water partition coefficient (Wildman–Crippen LogP) is 3.98. The van der Waals surface area contributed by atoms with Crippen molar-refractivity contribution in [2.75, 3.05) is 5.32 Å². The Bertz CT molecular complexity index is 388. The molecule has 0 aliphatic heterocycles. The van der Waals surface area contributed by atoms with Gasteiger partial charge in [0.25, 0.3) is 0 Å². The molecular weight excluding hydrogens is 222 g/mol. The standard InChI is InChI=1S/C16H25NO/c1-11-8-9-14(10-12(11)2)17-16-7-5-4-6-15(16)13(3)18/h4-7,11-14,17-18H,8-10H2,1-3H3. The van der Waals surface area contributed by atoms with Gasteiger partial charge >= 0.3 is 0 Å². The molecule has 1 aromatic rings. The Balaban J connectivity index is 2.06. The van der Waals surface area contributed by atoms with E-state index in [9.17, 15) is 5.11 Å². The van der Waals surface area contributed by atoms with Gasteiger partial charge in [-0.05, 0) is 44.1 Å². The number of hydrogen-bond acceptors (Lipinski definition) is 2. The Morgan fingerprint density at radius 3 is 2.56 bits per heavy atom. The van der Waals surface area contributed by atoms with Crippen molar-refractivity contribution in [3.63, 3.8) is 0 Å². The Kier molecular flexibility index (Phi) is 4.28. The molecule has 1 aliphatic rings. The predicted molar refractivity (Wildman–Crippen MR) is 76.7 cm³/mol. The highest BCUT2D eigenvalue weighted by atomic mass is 16.3. The first-order valence-corrected chi connectivity index (χ1v) is 7.11. The van der Waals surface area contributed by atoms with Crippen LogP contribution >= 0.6 is 0 Å². The summed E-state index contributed by atoms with van der Waals surface area (Å²) in [7, 11) is 0. The molecule has 18 heavy (non-hydrogen) atoms. The fraction of sp³-hybridized carbons (Fsp3) is 0.625. The third-order valence-corrected chi connectivity index (χ3v) is 4.37. The van der Waals surface area contributed by atoms with Crippen molar-refractivity contribution >= 4 is 5.69 Å². The van der Waals surface area contributed by atoms with Gasteiger partial charge in [0, 0.05) is 17.3 Å². The first kappa shape index (κ1) is 13.4. The number of anilines is 1. The van der Waals surface area contributed by atoms with E-state index in [1.165, 1.54) is 19.3 Å². The maximum Gasteiger partial charge on any atom is 0.0781 e. The molecule has 0 amide bonds. The number of hydrogen-bond donors (Lipinski definition) is 2. The molecule has 1 aromatic carbocycles. The zero-order valence-electron chi connectivity index (χ0n) is 11.7. The Hall–Kier alpha value is -1.02. The van der Waals surface area contributed by atoms with Crippen LogP contribution in [0.25, 0.3) is 0 Å². The van der Waals surface area contributed by atoms with E-state index in [-0.39, 0.29) is 0 Å². The number of aliphatic hydroxyl groups excluding tert-OH is 1. The lowest BCUT2D eigenvalue weighted by molar-refractivity contribution is 0.199. The average molecular weight is 247 g/mol. The van der Waals surface area contributed by atoms with Gasteiger partial charge in [0.1, 0.15) is 0 Å². The van der Waals surface area contributed by atoms with Crippen LogP contribution in [0.15, 0.2) is 24.3 Å². The summed E-state index contributed by atoms with van der Waals surface area (Å²) >= 11 is 0. The number of para-hydroxylation sites is 1. The van der Waals surface area contributed by atoms with E-state index in [1.54, 1.807) is 0 Å². The zero-order chi connectivity index (χ0) is 13.1. The lowest BCUT2D eigenvalue weighted by Crippen LogP contribution is -2.30. The molecule has 1 fully saturated rings. The van der Waals surface area contributed by atoms with Gasteiger partial charge < -0.3 is 10.4 Å². The molecule has 2 nitrogen and oxygen atoms in total. The van der Waals surface area contributed by atoms with E-state index in [2.05, 4.69) is 25.2 Å². The second-order valence-corrected chi connectivity index (χ2v) is 5.87. The molecule has 0 radical (unpaired) electrons. The summed E-state index contributed by atoms with van der Waals surface area (Å²) in [5.41, 5.74) is 2.10. The smallest absolute Gasteiger partial charge is 0.0781 e. The van der Waals surface area contributed by atoms with Crippen LogP contribution in [0, 0.1) is 11.8 Å². The van der Waals surface area contributed by atoms with E-state index >= 15 is 0 Å². The molecule has 0 spiro atoms. The minimum Gasteiger partial charge on any atom is -0.389 e. The van der Waals surface area contributed by atoms with Crippen molar-refractivity contribution in [1.82, 2.24) is 0 Å². The fourth-order valence-corrected chi connectivity index (χ4v) is 2.89. The lowest BCUT2D eigenvalue weighted by Gasteiger charge is -2.33. The third kappa shape index (κ3) is 3.05. The molecule has 0 bridgehead atoms. The van der Waals surface area contributed by atoms with Crippen molar-refractivity contribution < 1.29 is 5.11 Å². The Labute approximate surface area is 110 Å². The number of nitrogens with one attached hydrogen (secondary N) is 1. The van der Waals surface area contributed by atoms with Gasteiger partial charge in [-0.2, -0.15) is 0 Å². The molecule has 0 heterocycles. The van der Waals surface area contributed by atoms with Gasteiger partial charge in [-0.3, -0.25) is 0 Å². The minimum absolute atomic E-state index is 0.409. The normalized spacial score (nSPS) is 29.9. The van der Waals surface area contributed by atoms with E-state index in [0.717, 1.165) is 23.1 Å². The van der Waals surface area contributed by atoms with Crippen molar-refractivity contribution in [2.45, 2.75) is 52.2 Å². The molecular formula is C16H25NO. The minimum atomic E-state index is -0.409. The number of aliphatic hydroxyl groups is 1. The van der Waals surface area contributed by atoms with Gasteiger partial charge in [-0.25, -0.2) is 0 Å². The third-order valence-electron chi connectivity index (χ3n) is 4.37. The molecule has 4 unspecified atom stereocenters. The molecule has 0 aromatic heterocycles. The molecule has 2 N–H and O–H groups in total. The molecule has 1 aliphatic carbocycles. The van der Waals surface area contributed by atoms with Gasteiger partial charge in [-0.15, -0.1) is 0 Å². The van der Waals surface area contributed by atoms with E-state index in [4.69, 9.17) is 0 Å². The summed E-state index contributed by atoms with van der Waals surface area (Å²) in [6.45, 7) is 6.52. The van der Waals surface area contributed by atoms with Crippen LogP contribution in [-0.4, -0.2) is 11.1 Å². The first-order valence-electron chi connectivity index (χ1n) is 7.11. The van der Waals surface area contributed by atoms with Crippen molar-refractivity contribution in [2.24, 2.45) is 11.8 Å². The highest BCUT2D eigenvalue weighted by Crippen LogP contribution is 2.32. The topological polar surface area (TPSA) is 32.3 Å². The fourth-order valence-electron chi connectivity index (χ4n) is 2.89. The van der Waals surface area contributed by atoms with Crippen molar-refractivity contribution in [3.05, 3.63) is 29.8 Å². The SMILES string of the molecule is CC(O)c1ccccc1NC1CCC(C)C(C)C1. The van der Waals surface area contributed by atoms with Crippen molar-refractivity contribution in [1.29, 1.82) is 0 Å². The van der Waals surface area contributed by atoms with Crippen molar-refractivity contribution in [3.8, 4) is 0 Å². The summed E-state index contributed by atoms with van der Waals surface area (Å²) in [5, 5.41) is 13.4. The van der Waals surface area contributed by atoms with E-state index < -0.39 is 6.10 Å². The molecule has 1 saturated carbocycles. The molecule has 2 heteroatoms. The lowest BCUT2D eigenvalue weighted by atomic mass is 9.79. The first-order chi connectivity index (χ1) is 8.58. The van der Waals surface area contributed by atoms with Crippen LogP contribution in [0.2, 0.25) is 0 Å². The highest BCUT2D eigenvalue weighted by Gasteiger charge is 2.24. The molecule has 100 valence electrons. The number of benzene rings is 1. The van der Waals surface area contributed by atoms with Crippen LogP contribution < -0.4 is 5.32 Å². The van der Waals surface area contributed by atoms with Gasteiger partial charge in [0.05, 0.1) is 6.10 Å². The Morgan fingerprint density at radius 2 is 1.89 bits per heavy atom. The van der Waals surface area contributed by atoms with Crippen LogP contribution in [-0.2, 0) is 0 Å². The summed E-state index contributed by atoms with van der Waals surface area (Å²) < 4.78 is 0. The largest absolute Gasteiger partial charge is 0.389 e. The Morgan fingerprint density at radius 1 is 1.17 bits per heavy atom. The van der Waals surface area contributed by atoms with Crippen LogP contribution in [0.1, 0.15) is 51.7 Å². The maximum absolute atomic E-state index is 9.79. The summed E-state index contributed by atoms with van der Waals surface area (Å²) in [6.07, 6.45) is 3.36. The second kappa shape index (κ2) is 5.75. The van der Waals surface area contributed by atoms with Gasteiger partial charge in [0.15, 0.2) is 0 Å². The van der Waals surface area contributed by atoms with Gasteiger partial charge in [0.2, 0.25) is 0 Å². The number of rotatable bonds is 3. The second-order valence-electron chi connectivity index (χ2n) is 5.87. The summed E-state index contributed by atoms with van der Waals surface area (Å²) in [5.74, 6) is 1.63. The van der Waals surface area contributed by atoms with Crippen LogP contribution in [0.4, 0.5) is 5.69 Å². The van der Waals surface area contributed by atoms with E-state index in [1.807, 2.05) is 25.1 Å². The molecule has 4 atom stereocenters. The van der Waals surface area contributed by atoms with Gasteiger partial charge in [-0.1, -0.05) is 32.0 Å². The summed E-state index contributed by atoms with van der Waals surface area (Å²) in [6, 6.07) is 8.64. The summed E-state index contributed by atoms with van der Waals surface area (Å²) in [4.78, 5) is 0. The molecule has 2 rings (SSSR count).